The molecular formula is C51H88O9. The number of carbonyl (C=O) groups excluding carboxylic acids is 1. The van der Waals surface area contributed by atoms with Gasteiger partial charge in [-0.15, -0.1) is 0 Å². The smallest absolute Gasteiger partial charge is 0.306 e. The Hall–Kier alpha value is -2.37. The molecule has 60 heavy (non-hydrogen) atoms. The van der Waals surface area contributed by atoms with Gasteiger partial charge in [0.1, 0.15) is 30.5 Å². The SMILES string of the molecule is CC/C=C\C/C=C\C/C=C\C/C=C\CCCCCCCCCCCCCOCC(COC1OC(CO)C(O)C(O)C1O)OC(=O)CCCCCCC/C=C\C/C=C\CCC. The Labute approximate surface area is 366 Å². The summed E-state index contributed by atoms with van der Waals surface area (Å²) in [6.45, 7) is 4.35. The van der Waals surface area contributed by atoms with E-state index in [2.05, 4.69) is 86.8 Å². The van der Waals surface area contributed by atoms with Crippen LogP contribution < -0.4 is 0 Å². The molecule has 0 aromatic carbocycles. The average Bonchev–Trinajstić information content (AvgIpc) is 3.25. The van der Waals surface area contributed by atoms with Crippen LogP contribution in [0.25, 0.3) is 0 Å². The lowest BCUT2D eigenvalue weighted by Gasteiger charge is -2.39. The molecule has 0 saturated carbocycles. The highest BCUT2D eigenvalue weighted by Crippen LogP contribution is 2.22. The van der Waals surface area contributed by atoms with Gasteiger partial charge in [0.25, 0.3) is 0 Å². The molecule has 6 unspecified atom stereocenters. The van der Waals surface area contributed by atoms with Crippen LogP contribution >= 0.6 is 0 Å². The number of aliphatic hydroxyl groups excluding tert-OH is 4. The van der Waals surface area contributed by atoms with Gasteiger partial charge in [-0.05, 0) is 77.0 Å². The summed E-state index contributed by atoms with van der Waals surface area (Å²) in [4.78, 5) is 12.8. The molecule has 1 rings (SSSR count). The molecule has 0 aromatic heterocycles. The first-order chi connectivity index (χ1) is 29.4. The van der Waals surface area contributed by atoms with E-state index in [1.165, 1.54) is 70.6 Å². The normalized spacial score (nSPS) is 20.7. The molecule has 4 N–H and O–H groups in total. The Balaban J connectivity index is 2.20. The molecule has 1 heterocycles. The van der Waals surface area contributed by atoms with Crippen molar-refractivity contribution in [2.45, 2.75) is 218 Å². The van der Waals surface area contributed by atoms with Crippen molar-refractivity contribution in [2.24, 2.45) is 0 Å². The number of esters is 1. The largest absolute Gasteiger partial charge is 0.457 e. The zero-order valence-corrected chi connectivity index (χ0v) is 37.9. The minimum atomic E-state index is -1.54. The second-order valence-corrected chi connectivity index (χ2v) is 16.2. The summed E-state index contributed by atoms with van der Waals surface area (Å²) in [6, 6.07) is 0. The van der Waals surface area contributed by atoms with E-state index in [1.807, 2.05) is 0 Å². The van der Waals surface area contributed by atoms with Crippen molar-refractivity contribution < 1.29 is 44.2 Å². The summed E-state index contributed by atoms with van der Waals surface area (Å²) in [5.74, 6) is -0.332. The zero-order valence-electron chi connectivity index (χ0n) is 37.9. The van der Waals surface area contributed by atoms with E-state index in [-0.39, 0.29) is 19.2 Å². The Morgan fingerprint density at radius 2 is 1.02 bits per heavy atom. The second-order valence-electron chi connectivity index (χ2n) is 16.2. The first-order valence-corrected chi connectivity index (χ1v) is 24.0. The predicted octanol–water partition coefficient (Wildman–Crippen LogP) is 11.3. The van der Waals surface area contributed by atoms with Crippen molar-refractivity contribution in [3.8, 4) is 0 Å². The van der Waals surface area contributed by atoms with E-state index in [1.54, 1.807) is 0 Å². The lowest BCUT2D eigenvalue weighted by Crippen LogP contribution is -2.59. The summed E-state index contributed by atoms with van der Waals surface area (Å²) in [7, 11) is 0. The molecule has 0 amide bonds. The van der Waals surface area contributed by atoms with Gasteiger partial charge in [-0.1, -0.05) is 170 Å². The summed E-state index contributed by atoms with van der Waals surface area (Å²) < 4.78 is 22.8. The van der Waals surface area contributed by atoms with E-state index in [0.717, 1.165) is 89.9 Å². The van der Waals surface area contributed by atoms with Crippen molar-refractivity contribution in [1.82, 2.24) is 0 Å². The van der Waals surface area contributed by atoms with Gasteiger partial charge in [0.05, 0.1) is 19.8 Å². The molecule has 0 aromatic rings. The summed E-state index contributed by atoms with van der Waals surface area (Å²) >= 11 is 0. The Bertz CT molecular complexity index is 1140. The van der Waals surface area contributed by atoms with Crippen molar-refractivity contribution in [3.63, 3.8) is 0 Å². The third-order valence-corrected chi connectivity index (χ3v) is 10.6. The topological polar surface area (TPSA) is 135 Å². The summed E-state index contributed by atoms with van der Waals surface area (Å²) in [5, 5.41) is 40.1. The fourth-order valence-electron chi connectivity index (χ4n) is 6.87. The van der Waals surface area contributed by atoms with Gasteiger partial charge in [0.15, 0.2) is 6.29 Å². The van der Waals surface area contributed by atoms with Gasteiger partial charge >= 0.3 is 5.97 Å². The van der Waals surface area contributed by atoms with Gasteiger partial charge in [-0.3, -0.25) is 4.79 Å². The Morgan fingerprint density at radius 3 is 1.53 bits per heavy atom. The number of hydrogen-bond acceptors (Lipinski definition) is 9. The van der Waals surface area contributed by atoms with E-state index in [4.69, 9.17) is 18.9 Å². The van der Waals surface area contributed by atoms with Gasteiger partial charge in [-0.2, -0.15) is 0 Å². The standard InChI is InChI=1S/C51H88O9/c1-3-5-7-9-11-13-15-17-18-19-20-21-22-23-24-25-26-27-29-31-33-35-37-39-41-57-43-45(44-58-51-50(56)49(55)48(54)46(42-52)60-51)59-47(53)40-38-36-34-32-30-28-16-14-12-10-8-6-4-2/h5,7-8,10-11,13-14,16-18,20-21,45-46,48-52,54-56H,3-4,6,9,12,15,19,22-44H2,1-2H3/b7-5-,10-8-,13-11-,16-14-,18-17-,21-20-. The van der Waals surface area contributed by atoms with Gasteiger partial charge < -0.3 is 39.4 Å². The van der Waals surface area contributed by atoms with Crippen LogP contribution in [-0.4, -0.2) is 89.6 Å². The average molecular weight is 845 g/mol. The highest BCUT2D eigenvalue weighted by atomic mass is 16.7. The number of unbranched alkanes of at least 4 members (excludes halogenated alkanes) is 17. The quantitative estimate of drug-likeness (QED) is 0.0270. The van der Waals surface area contributed by atoms with E-state index in [0.29, 0.717) is 13.0 Å². The van der Waals surface area contributed by atoms with Gasteiger partial charge in [0.2, 0.25) is 0 Å². The van der Waals surface area contributed by atoms with Crippen molar-refractivity contribution in [3.05, 3.63) is 72.9 Å². The molecule has 0 spiro atoms. The van der Waals surface area contributed by atoms with Crippen LogP contribution in [0.5, 0.6) is 0 Å². The molecule has 9 heteroatoms. The Morgan fingerprint density at radius 1 is 0.550 bits per heavy atom. The van der Waals surface area contributed by atoms with E-state index in [9.17, 15) is 25.2 Å². The zero-order chi connectivity index (χ0) is 43.6. The fraction of sp³-hybridized carbons (Fsp3) is 0.745. The summed E-state index contributed by atoms with van der Waals surface area (Å²) in [5.41, 5.74) is 0. The molecule has 1 fully saturated rings. The van der Waals surface area contributed by atoms with Crippen LogP contribution in [0.4, 0.5) is 0 Å². The van der Waals surface area contributed by atoms with Crippen LogP contribution in [0.2, 0.25) is 0 Å². The van der Waals surface area contributed by atoms with E-state index < -0.39 is 43.4 Å². The maximum atomic E-state index is 12.8. The number of carbonyl (C=O) groups is 1. The lowest BCUT2D eigenvalue weighted by atomic mass is 9.99. The molecule has 346 valence electrons. The molecule has 1 aliphatic heterocycles. The highest BCUT2D eigenvalue weighted by molar-refractivity contribution is 5.69. The maximum absolute atomic E-state index is 12.8. The summed E-state index contributed by atoms with van der Waals surface area (Å²) in [6.07, 6.45) is 47.9. The number of aliphatic hydroxyl groups is 4. The van der Waals surface area contributed by atoms with Crippen LogP contribution in [0.1, 0.15) is 181 Å². The first-order valence-electron chi connectivity index (χ1n) is 24.0. The van der Waals surface area contributed by atoms with Crippen LogP contribution in [0, 0.1) is 0 Å². The fourth-order valence-corrected chi connectivity index (χ4v) is 6.87. The minimum absolute atomic E-state index is 0.123. The van der Waals surface area contributed by atoms with Crippen molar-refractivity contribution in [2.75, 3.05) is 26.4 Å². The third kappa shape index (κ3) is 32.4. The molecule has 1 saturated heterocycles. The first kappa shape index (κ1) is 55.6. The second kappa shape index (κ2) is 42.0. The van der Waals surface area contributed by atoms with Gasteiger partial charge in [-0.25, -0.2) is 0 Å². The molecule has 0 aliphatic carbocycles. The lowest BCUT2D eigenvalue weighted by molar-refractivity contribution is -0.305. The van der Waals surface area contributed by atoms with Crippen molar-refractivity contribution >= 4 is 5.97 Å². The monoisotopic (exact) mass is 845 g/mol. The van der Waals surface area contributed by atoms with E-state index >= 15 is 0 Å². The molecular weight excluding hydrogens is 757 g/mol. The maximum Gasteiger partial charge on any atom is 0.306 e. The van der Waals surface area contributed by atoms with Crippen LogP contribution in [0.3, 0.4) is 0 Å². The highest BCUT2D eigenvalue weighted by Gasteiger charge is 2.44. The molecule has 1 aliphatic rings. The number of allylic oxidation sites excluding steroid dienone is 12. The third-order valence-electron chi connectivity index (χ3n) is 10.6. The number of ether oxygens (including phenoxy) is 4. The predicted molar refractivity (Wildman–Crippen MR) is 247 cm³/mol. The van der Waals surface area contributed by atoms with Crippen molar-refractivity contribution in [1.29, 1.82) is 0 Å². The molecule has 9 nitrogen and oxygen atoms in total. The van der Waals surface area contributed by atoms with Crippen LogP contribution in [-0.2, 0) is 23.7 Å². The van der Waals surface area contributed by atoms with Crippen LogP contribution in [0.15, 0.2) is 72.9 Å². The number of rotatable bonds is 40. The number of hydrogen-bond donors (Lipinski definition) is 4. The van der Waals surface area contributed by atoms with Gasteiger partial charge in [0, 0.05) is 13.0 Å². The molecule has 0 bridgehead atoms. The molecule has 6 atom stereocenters. The molecule has 0 radical (unpaired) electrons. The minimum Gasteiger partial charge on any atom is -0.457 e. The Kier molecular flexibility index (Phi) is 38.9.